The molecule has 0 radical (unpaired) electrons. The van der Waals surface area contributed by atoms with Crippen molar-refractivity contribution in [2.45, 2.75) is 30.5 Å². The molecule has 2 atom stereocenters. The van der Waals surface area contributed by atoms with Crippen LogP contribution in [0, 0.1) is 11.7 Å². The van der Waals surface area contributed by atoms with Gasteiger partial charge in [0.2, 0.25) is 5.54 Å². The third kappa shape index (κ3) is 5.35. The number of thiazole rings is 1. The normalized spacial score (nSPS) is 18.5. The molecule has 0 bridgehead atoms. The molecule has 1 unspecified atom stereocenters. The van der Waals surface area contributed by atoms with Gasteiger partial charge >= 0.3 is 6.18 Å². The number of hydrazine groups is 1. The highest BCUT2D eigenvalue weighted by atomic mass is 32.1. The van der Waals surface area contributed by atoms with Gasteiger partial charge in [-0.1, -0.05) is 11.3 Å². The van der Waals surface area contributed by atoms with Gasteiger partial charge in [0, 0.05) is 47.2 Å². The molecule has 45 heavy (non-hydrogen) atoms. The van der Waals surface area contributed by atoms with E-state index in [0.29, 0.717) is 42.9 Å². The highest BCUT2D eigenvalue weighted by Crippen LogP contribution is 2.54. The first kappa shape index (κ1) is 30.4. The van der Waals surface area contributed by atoms with Crippen molar-refractivity contribution in [1.82, 2.24) is 20.3 Å². The second kappa shape index (κ2) is 11.4. The smallest absolute Gasteiger partial charge is 0.420 e. The molecule has 1 aliphatic carbocycles. The van der Waals surface area contributed by atoms with Gasteiger partial charge in [0.05, 0.1) is 11.8 Å². The van der Waals surface area contributed by atoms with Gasteiger partial charge in [-0.3, -0.25) is 9.80 Å². The number of carbonyl (C=O) groups excluding carboxylic acids is 1. The Labute approximate surface area is 258 Å². The standard InChI is InChI=1S/C30H29F4N7O3S/c1-43-22-10-17(11-23-25(22)40-28(36)45-23)27(42)38-13-19(15-2-3-15)21-12-20-26(24(39-21)16-4-6-18(31)7-5-16)44-14-29(20,30(32,33)34)41(37)9-8-35/h4-12,15,19H,2-3,13-14,35,37H2,1H3,(H2,36,40)(H,38,42)/b9-8-/t19?,29-/m0/s1. The summed E-state index contributed by atoms with van der Waals surface area (Å²) in [6.07, 6.45) is -1.48. The van der Waals surface area contributed by atoms with Gasteiger partial charge in [0.15, 0.2) is 10.9 Å². The van der Waals surface area contributed by atoms with E-state index in [4.69, 9.17) is 31.8 Å². The summed E-state index contributed by atoms with van der Waals surface area (Å²) in [6, 6.07) is 9.77. The van der Waals surface area contributed by atoms with Gasteiger partial charge < -0.3 is 26.3 Å². The Balaban J connectivity index is 1.42. The largest absolute Gasteiger partial charge is 0.494 e. The number of pyridine rings is 1. The molecule has 1 fully saturated rings. The number of aromatic nitrogens is 2. The zero-order valence-corrected chi connectivity index (χ0v) is 24.7. The van der Waals surface area contributed by atoms with Crippen molar-refractivity contribution >= 4 is 32.6 Å². The van der Waals surface area contributed by atoms with Crippen LogP contribution in [0.2, 0.25) is 0 Å². The third-order valence-electron chi connectivity index (χ3n) is 8.15. The zero-order valence-electron chi connectivity index (χ0n) is 23.9. The number of halogens is 4. The van der Waals surface area contributed by atoms with Crippen molar-refractivity contribution in [3.8, 4) is 22.8 Å². The molecule has 0 saturated heterocycles. The predicted molar refractivity (Wildman–Crippen MR) is 161 cm³/mol. The Morgan fingerprint density at radius 2 is 1.98 bits per heavy atom. The molecule has 6 rings (SSSR count). The maximum absolute atomic E-state index is 15.0. The number of rotatable bonds is 9. The SMILES string of the molecule is COc1cc(C(=O)NCC(c2cc3c(c(-c4ccc(F)cc4)n2)OC[C@@]3(N(N)/C=C\N)C(F)(F)F)C2CC2)cc2sc(N)nc12. The number of nitrogens with two attached hydrogens (primary N) is 3. The number of benzene rings is 2. The molecule has 1 aliphatic heterocycles. The van der Waals surface area contributed by atoms with E-state index in [1.165, 1.54) is 48.8 Å². The van der Waals surface area contributed by atoms with Crippen LogP contribution < -0.4 is 32.1 Å². The van der Waals surface area contributed by atoms with Crippen LogP contribution in [-0.4, -0.2) is 47.3 Å². The average Bonchev–Trinajstić information content (AvgIpc) is 3.64. The molecule has 2 aliphatic rings. The minimum atomic E-state index is -4.90. The number of nitrogen functional groups attached to an aromatic ring is 1. The molecule has 2 aromatic heterocycles. The first-order valence-electron chi connectivity index (χ1n) is 13.9. The van der Waals surface area contributed by atoms with Crippen molar-refractivity contribution < 1.29 is 31.8 Å². The van der Waals surface area contributed by atoms with Crippen molar-refractivity contribution in [1.29, 1.82) is 0 Å². The second-order valence-corrected chi connectivity index (χ2v) is 12.0. The number of carbonyl (C=O) groups is 1. The Hall–Kier alpha value is -4.63. The van der Waals surface area contributed by atoms with E-state index in [0.717, 1.165) is 25.2 Å². The second-order valence-electron chi connectivity index (χ2n) is 10.9. The van der Waals surface area contributed by atoms with Crippen molar-refractivity contribution in [3.05, 3.63) is 77.5 Å². The molecule has 4 aromatic rings. The fraction of sp³-hybridized carbons (Fsp3) is 0.300. The summed E-state index contributed by atoms with van der Waals surface area (Å²) in [4.78, 5) is 22.4. The molecule has 2 aromatic carbocycles. The summed E-state index contributed by atoms with van der Waals surface area (Å²) in [6.45, 7) is -0.776. The maximum Gasteiger partial charge on any atom is 0.420 e. The fourth-order valence-electron chi connectivity index (χ4n) is 5.69. The van der Waals surface area contributed by atoms with Crippen LogP contribution in [0.1, 0.15) is 40.4 Å². The van der Waals surface area contributed by atoms with E-state index in [2.05, 4.69) is 10.3 Å². The van der Waals surface area contributed by atoms with Gasteiger partial charge in [-0.15, -0.1) is 0 Å². The Morgan fingerprint density at radius 3 is 2.62 bits per heavy atom. The van der Waals surface area contributed by atoms with Crippen LogP contribution in [0.3, 0.4) is 0 Å². The van der Waals surface area contributed by atoms with Crippen LogP contribution in [-0.2, 0) is 5.54 Å². The van der Waals surface area contributed by atoms with Crippen LogP contribution in [0.5, 0.6) is 11.5 Å². The highest BCUT2D eigenvalue weighted by molar-refractivity contribution is 7.22. The Kier molecular flexibility index (Phi) is 7.69. The lowest BCUT2D eigenvalue weighted by Gasteiger charge is -2.37. The predicted octanol–water partition coefficient (Wildman–Crippen LogP) is 4.77. The maximum atomic E-state index is 15.0. The minimum Gasteiger partial charge on any atom is -0.494 e. The molecular formula is C30H29F4N7O3S. The van der Waals surface area contributed by atoms with E-state index >= 15 is 0 Å². The van der Waals surface area contributed by atoms with E-state index in [1.807, 2.05) is 0 Å². The molecule has 15 heteroatoms. The van der Waals surface area contributed by atoms with Crippen molar-refractivity contribution in [2.24, 2.45) is 17.5 Å². The first-order chi connectivity index (χ1) is 21.5. The number of fused-ring (bicyclic) bond motifs is 2. The van der Waals surface area contributed by atoms with E-state index in [9.17, 15) is 22.4 Å². The van der Waals surface area contributed by atoms with Crippen molar-refractivity contribution in [3.63, 3.8) is 0 Å². The molecule has 7 N–H and O–H groups in total. The van der Waals surface area contributed by atoms with E-state index in [-0.39, 0.29) is 29.5 Å². The Bertz CT molecular complexity index is 1790. The lowest BCUT2D eigenvalue weighted by Crippen LogP contribution is -2.58. The van der Waals surface area contributed by atoms with Gasteiger partial charge in [-0.2, -0.15) is 13.2 Å². The Morgan fingerprint density at radius 1 is 1.24 bits per heavy atom. The number of nitrogens with one attached hydrogen (secondary N) is 1. The fourth-order valence-corrected chi connectivity index (χ4v) is 6.48. The molecule has 3 heterocycles. The number of anilines is 1. The molecule has 0 spiro atoms. The van der Waals surface area contributed by atoms with Crippen LogP contribution in [0.25, 0.3) is 21.5 Å². The average molecular weight is 644 g/mol. The van der Waals surface area contributed by atoms with Gasteiger partial charge in [-0.25, -0.2) is 20.2 Å². The molecule has 236 valence electrons. The number of ether oxygens (including phenoxy) is 2. The number of methoxy groups -OCH3 is 1. The van der Waals surface area contributed by atoms with Gasteiger partial charge in [0.25, 0.3) is 5.91 Å². The van der Waals surface area contributed by atoms with Gasteiger partial charge in [0.1, 0.15) is 29.4 Å². The zero-order chi connectivity index (χ0) is 32.1. The lowest BCUT2D eigenvalue weighted by atomic mass is 9.87. The number of hydrogen-bond acceptors (Lipinski definition) is 10. The first-order valence-corrected chi connectivity index (χ1v) is 14.7. The quantitative estimate of drug-likeness (QED) is 0.115. The topological polar surface area (TPSA) is 155 Å². The summed E-state index contributed by atoms with van der Waals surface area (Å²) in [5, 5.41) is 3.73. The lowest BCUT2D eigenvalue weighted by molar-refractivity contribution is -0.232. The molecular weight excluding hydrogens is 614 g/mol. The highest BCUT2D eigenvalue weighted by Gasteiger charge is 2.64. The molecule has 10 nitrogen and oxygen atoms in total. The number of nitrogens with zero attached hydrogens (tertiary/aromatic N) is 3. The number of amides is 1. The molecule has 1 amide bonds. The number of alkyl halides is 3. The third-order valence-corrected chi connectivity index (χ3v) is 8.98. The van der Waals surface area contributed by atoms with E-state index in [1.54, 1.807) is 12.1 Å². The van der Waals surface area contributed by atoms with Crippen LogP contribution in [0.15, 0.2) is 54.9 Å². The summed E-state index contributed by atoms with van der Waals surface area (Å²) in [5.74, 6) is 4.91. The number of hydrogen-bond donors (Lipinski definition) is 4. The van der Waals surface area contributed by atoms with Crippen LogP contribution >= 0.6 is 11.3 Å². The summed E-state index contributed by atoms with van der Waals surface area (Å²) in [5.41, 5.74) is 9.86. The van der Waals surface area contributed by atoms with Gasteiger partial charge in [-0.05, 0) is 61.2 Å². The molecule has 1 saturated carbocycles. The summed E-state index contributed by atoms with van der Waals surface area (Å²) in [7, 11) is 1.46. The van der Waals surface area contributed by atoms with E-state index < -0.39 is 36.0 Å². The van der Waals surface area contributed by atoms with Crippen molar-refractivity contribution in [2.75, 3.05) is 26.0 Å². The monoisotopic (exact) mass is 643 g/mol. The minimum absolute atomic E-state index is 0.0516. The van der Waals surface area contributed by atoms with Crippen LogP contribution in [0.4, 0.5) is 22.7 Å². The summed E-state index contributed by atoms with van der Waals surface area (Å²) < 4.78 is 70.4. The summed E-state index contributed by atoms with van der Waals surface area (Å²) >= 11 is 1.21.